The largest absolute Gasteiger partial charge is 0.447 e. The molecule has 6 nitrogen and oxygen atoms in total. The highest BCUT2D eigenvalue weighted by molar-refractivity contribution is 5.91. The van der Waals surface area contributed by atoms with E-state index in [1.165, 1.54) is 28.3 Å². The Balaban J connectivity index is 1.46. The summed E-state index contributed by atoms with van der Waals surface area (Å²) >= 11 is 0. The van der Waals surface area contributed by atoms with Gasteiger partial charge >= 0.3 is 0 Å². The van der Waals surface area contributed by atoms with Crippen LogP contribution in [0.2, 0.25) is 0 Å². The molecular formula is C27H32N4O2. The lowest BCUT2D eigenvalue weighted by Crippen LogP contribution is -2.28. The first-order valence-electron chi connectivity index (χ1n) is 11.5. The summed E-state index contributed by atoms with van der Waals surface area (Å²) in [6.45, 7) is 8.99. The van der Waals surface area contributed by atoms with Crippen molar-refractivity contribution in [3.05, 3.63) is 89.3 Å². The summed E-state index contributed by atoms with van der Waals surface area (Å²) in [6.07, 6.45) is 4.45. The number of hydrogen-bond donors (Lipinski definition) is 2. The SMILES string of the molecule is Cc1ccc(CN(CCc2c[nH]c3ccccc23)Cc2nc(C(=O)NCC(C)C)co2)cc1. The molecule has 4 aromatic rings. The summed E-state index contributed by atoms with van der Waals surface area (Å²) in [5.41, 5.74) is 5.26. The number of aromatic amines is 1. The number of hydrogen-bond acceptors (Lipinski definition) is 4. The average molecular weight is 445 g/mol. The highest BCUT2D eigenvalue weighted by atomic mass is 16.3. The number of carbonyl (C=O) groups excluding carboxylic acids is 1. The predicted octanol–water partition coefficient (Wildman–Crippen LogP) is 5.10. The summed E-state index contributed by atoms with van der Waals surface area (Å²) in [6, 6.07) is 17.0. The first-order valence-corrected chi connectivity index (χ1v) is 11.5. The fourth-order valence-corrected chi connectivity index (χ4v) is 3.85. The van der Waals surface area contributed by atoms with Gasteiger partial charge in [-0.2, -0.15) is 0 Å². The van der Waals surface area contributed by atoms with Gasteiger partial charge in [0, 0.05) is 36.7 Å². The average Bonchev–Trinajstić information content (AvgIpc) is 3.44. The van der Waals surface area contributed by atoms with E-state index < -0.39 is 0 Å². The van der Waals surface area contributed by atoms with E-state index in [-0.39, 0.29) is 5.91 Å². The highest BCUT2D eigenvalue weighted by Crippen LogP contribution is 2.19. The van der Waals surface area contributed by atoms with Crippen LogP contribution in [0.1, 0.15) is 46.9 Å². The molecule has 0 bridgehead atoms. The third kappa shape index (κ3) is 6.11. The van der Waals surface area contributed by atoms with Gasteiger partial charge in [0.15, 0.2) is 5.69 Å². The minimum atomic E-state index is -0.192. The van der Waals surface area contributed by atoms with Crippen LogP contribution >= 0.6 is 0 Å². The zero-order valence-electron chi connectivity index (χ0n) is 19.6. The van der Waals surface area contributed by atoms with Crippen molar-refractivity contribution in [3.63, 3.8) is 0 Å². The molecule has 33 heavy (non-hydrogen) atoms. The fourth-order valence-electron chi connectivity index (χ4n) is 3.85. The van der Waals surface area contributed by atoms with Crippen LogP contribution < -0.4 is 5.32 Å². The molecule has 0 unspecified atom stereocenters. The van der Waals surface area contributed by atoms with E-state index in [1.807, 2.05) is 6.07 Å². The van der Waals surface area contributed by atoms with Crippen molar-refractivity contribution in [2.24, 2.45) is 5.92 Å². The van der Waals surface area contributed by atoms with Gasteiger partial charge in [0.25, 0.3) is 5.91 Å². The van der Waals surface area contributed by atoms with E-state index in [9.17, 15) is 4.79 Å². The molecule has 172 valence electrons. The first-order chi connectivity index (χ1) is 16.0. The minimum absolute atomic E-state index is 0.192. The van der Waals surface area contributed by atoms with Gasteiger partial charge in [0.1, 0.15) is 6.26 Å². The van der Waals surface area contributed by atoms with Gasteiger partial charge in [-0.25, -0.2) is 4.98 Å². The zero-order valence-corrected chi connectivity index (χ0v) is 19.6. The van der Waals surface area contributed by atoms with Gasteiger partial charge in [-0.05, 0) is 36.5 Å². The predicted molar refractivity (Wildman–Crippen MR) is 131 cm³/mol. The van der Waals surface area contributed by atoms with Crippen molar-refractivity contribution >= 4 is 16.8 Å². The Bertz CT molecular complexity index is 1190. The molecule has 2 aromatic heterocycles. The number of aromatic nitrogens is 2. The number of nitrogens with zero attached hydrogens (tertiary/aromatic N) is 2. The minimum Gasteiger partial charge on any atom is -0.447 e. The number of oxazole rings is 1. The van der Waals surface area contributed by atoms with Crippen LogP contribution in [-0.4, -0.2) is 33.9 Å². The van der Waals surface area contributed by atoms with Gasteiger partial charge in [0.05, 0.1) is 6.54 Å². The molecule has 0 fully saturated rings. The normalized spacial score (nSPS) is 11.5. The molecule has 6 heteroatoms. The number of H-pyrrole nitrogens is 1. The number of para-hydroxylation sites is 1. The molecule has 0 aliphatic rings. The summed E-state index contributed by atoms with van der Waals surface area (Å²) in [5, 5.41) is 4.15. The zero-order chi connectivity index (χ0) is 23.2. The van der Waals surface area contributed by atoms with Crippen LogP contribution in [0, 0.1) is 12.8 Å². The fraction of sp³-hybridized carbons (Fsp3) is 0.333. The molecule has 0 saturated heterocycles. The summed E-state index contributed by atoms with van der Waals surface area (Å²) in [4.78, 5) is 22.5. The van der Waals surface area contributed by atoms with E-state index in [4.69, 9.17) is 4.42 Å². The second-order valence-corrected chi connectivity index (χ2v) is 9.04. The monoisotopic (exact) mass is 444 g/mol. The van der Waals surface area contributed by atoms with Gasteiger partial charge in [-0.3, -0.25) is 9.69 Å². The van der Waals surface area contributed by atoms with Gasteiger partial charge in [0.2, 0.25) is 5.89 Å². The van der Waals surface area contributed by atoms with Crippen LogP contribution in [0.25, 0.3) is 10.9 Å². The lowest BCUT2D eigenvalue weighted by Gasteiger charge is -2.21. The maximum absolute atomic E-state index is 12.3. The standard InChI is InChI=1S/C27H32N4O2/c1-19(2)14-29-27(32)25-18-33-26(30-25)17-31(16-21-10-8-20(3)9-11-21)13-12-22-15-28-24-7-5-4-6-23(22)24/h4-11,15,18-19,28H,12-14,16-17H2,1-3H3,(H,29,32). The van der Waals surface area contributed by atoms with Crippen molar-refractivity contribution in [1.29, 1.82) is 0 Å². The van der Waals surface area contributed by atoms with Crippen molar-refractivity contribution in [1.82, 2.24) is 20.2 Å². The summed E-state index contributed by atoms with van der Waals surface area (Å²) in [5.74, 6) is 0.744. The van der Waals surface area contributed by atoms with Crippen molar-refractivity contribution in [3.8, 4) is 0 Å². The molecule has 0 saturated carbocycles. The Kier molecular flexibility index (Phi) is 7.25. The number of rotatable bonds is 10. The molecule has 2 heterocycles. The van der Waals surface area contributed by atoms with E-state index in [1.54, 1.807) is 0 Å². The Hall–Kier alpha value is -3.38. The number of carbonyl (C=O) groups is 1. The summed E-state index contributed by atoms with van der Waals surface area (Å²) in [7, 11) is 0. The van der Waals surface area contributed by atoms with Crippen LogP contribution in [0.4, 0.5) is 0 Å². The number of amides is 1. The molecule has 0 aliphatic heterocycles. The van der Waals surface area contributed by atoms with Crippen LogP contribution in [-0.2, 0) is 19.5 Å². The summed E-state index contributed by atoms with van der Waals surface area (Å²) < 4.78 is 5.67. The molecule has 0 atom stereocenters. The number of fused-ring (bicyclic) bond motifs is 1. The van der Waals surface area contributed by atoms with Gasteiger partial charge in [-0.1, -0.05) is 61.9 Å². The van der Waals surface area contributed by atoms with E-state index in [2.05, 4.69) is 89.6 Å². The van der Waals surface area contributed by atoms with Crippen molar-refractivity contribution in [2.45, 2.75) is 40.3 Å². The third-order valence-corrected chi connectivity index (χ3v) is 5.71. The second-order valence-electron chi connectivity index (χ2n) is 9.04. The van der Waals surface area contributed by atoms with Crippen molar-refractivity contribution < 1.29 is 9.21 Å². The molecule has 2 N–H and O–H groups in total. The third-order valence-electron chi connectivity index (χ3n) is 5.71. The van der Waals surface area contributed by atoms with Crippen LogP contribution in [0.15, 0.2) is 65.4 Å². The Labute approximate surface area is 195 Å². The maximum Gasteiger partial charge on any atom is 0.273 e. The topological polar surface area (TPSA) is 74.2 Å². The number of nitrogens with one attached hydrogen (secondary N) is 2. The lowest BCUT2D eigenvalue weighted by molar-refractivity contribution is 0.0944. The van der Waals surface area contributed by atoms with E-state index in [0.717, 1.165) is 25.0 Å². The quantitative estimate of drug-likeness (QED) is 0.357. The van der Waals surface area contributed by atoms with Crippen LogP contribution in [0.5, 0.6) is 0 Å². The highest BCUT2D eigenvalue weighted by Gasteiger charge is 2.16. The van der Waals surface area contributed by atoms with Gasteiger partial charge in [-0.15, -0.1) is 0 Å². The Morgan fingerprint density at radius 1 is 1.12 bits per heavy atom. The Morgan fingerprint density at radius 3 is 2.70 bits per heavy atom. The molecule has 4 rings (SSSR count). The van der Waals surface area contributed by atoms with Crippen LogP contribution in [0.3, 0.4) is 0 Å². The van der Waals surface area contributed by atoms with Gasteiger partial charge < -0.3 is 14.7 Å². The first kappa shape index (κ1) is 22.8. The molecule has 0 aliphatic carbocycles. The maximum atomic E-state index is 12.3. The molecule has 0 radical (unpaired) electrons. The number of benzene rings is 2. The van der Waals surface area contributed by atoms with E-state index in [0.29, 0.717) is 30.6 Å². The molecule has 2 aromatic carbocycles. The molecule has 1 amide bonds. The molecule has 0 spiro atoms. The Morgan fingerprint density at radius 2 is 1.91 bits per heavy atom. The second kappa shape index (κ2) is 10.5. The number of aryl methyl sites for hydroxylation is 1. The van der Waals surface area contributed by atoms with E-state index >= 15 is 0 Å². The van der Waals surface area contributed by atoms with Crippen molar-refractivity contribution in [2.75, 3.05) is 13.1 Å². The lowest BCUT2D eigenvalue weighted by atomic mass is 10.1. The molecular weight excluding hydrogens is 412 g/mol. The smallest absolute Gasteiger partial charge is 0.273 e.